The molecule has 0 atom stereocenters. The standard InChI is InChI=1S/C18H18Cl2FN3S/c19-13-9-15(20)16(22-10-13)24-17(25)23-11-18(7-1-2-8-18)12-3-5-14(21)6-4-12/h3-6,9-10H,1-2,7-8,11H2,(H2,22,23,24,25). The van der Waals surface area contributed by atoms with E-state index in [9.17, 15) is 4.39 Å². The Balaban J connectivity index is 1.67. The van der Waals surface area contributed by atoms with Crippen LogP contribution < -0.4 is 10.6 Å². The van der Waals surface area contributed by atoms with E-state index in [1.807, 2.05) is 12.1 Å². The first-order chi connectivity index (χ1) is 12.0. The maximum absolute atomic E-state index is 13.2. The van der Waals surface area contributed by atoms with Crippen molar-refractivity contribution in [2.75, 3.05) is 11.9 Å². The fourth-order valence-electron chi connectivity index (χ4n) is 3.33. The Bertz CT molecular complexity index is 761. The Morgan fingerprint density at radius 2 is 1.88 bits per heavy atom. The number of benzene rings is 1. The third kappa shape index (κ3) is 4.40. The predicted octanol–water partition coefficient (Wildman–Crippen LogP) is 5.33. The monoisotopic (exact) mass is 397 g/mol. The van der Waals surface area contributed by atoms with Gasteiger partial charge in [0.15, 0.2) is 10.9 Å². The van der Waals surface area contributed by atoms with Crippen molar-refractivity contribution < 1.29 is 4.39 Å². The third-order valence-corrected chi connectivity index (χ3v) is 5.39. The Morgan fingerprint density at radius 3 is 2.52 bits per heavy atom. The largest absolute Gasteiger partial charge is 0.362 e. The maximum atomic E-state index is 13.2. The number of halogens is 3. The van der Waals surface area contributed by atoms with Crippen molar-refractivity contribution in [1.29, 1.82) is 0 Å². The van der Waals surface area contributed by atoms with Gasteiger partial charge < -0.3 is 10.6 Å². The minimum Gasteiger partial charge on any atom is -0.362 e. The van der Waals surface area contributed by atoms with Crippen LogP contribution in [0.5, 0.6) is 0 Å². The fraction of sp³-hybridized carbons (Fsp3) is 0.333. The number of hydrogen-bond donors (Lipinski definition) is 2. The second-order valence-corrected chi connectivity index (χ2v) is 7.54. The average molecular weight is 398 g/mol. The Kier molecular flexibility index (Phi) is 5.77. The van der Waals surface area contributed by atoms with Crippen LogP contribution in [0.25, 0.3) is 0 Å². The molecule has 1 aliphatic carbocycles. The second-order valence-electron chi connectivity index (χ2n) is 6.29. The molecule has 0 aliphatic heterocycles. The van der Waals surface area contributed by atoms with Gasteiger partial charge in [-0.15, -0.1) is 0 Å². The highest BCUT2D eigenvalue weighted by Crippen LogP contribution is 2.40. The number of pyridine rings is 1. The van der Waals surface area contributed by atoms with Gasteiger partial charge in [-0.3, -0.25) is 0 Å². The predicted molar refractivity (Wildman–Crippen MR) is 105 cm³/mol. The van der Waals surface area contributed by atoms with Gasteiger partial charge in [-0.25, -0.2) is 9.37 Å². The molecule has 1 aromatic carbocycles. The molecule has 0 unspecified atom stereocenters. The molecule has 3 nitrogen and oxygen atoms in total. The zero-order valence-corrected chi connectivity index (χ0v) is 15.8. The first-order valence-electron chi connectivity index (χ1n) is 8.10. The molecule has 3 rings (SSSR count). The first kappa shape index (κ1) is 18.4. The van der Waals surface area contributed by atoms with Crippen LogP contribution in [0.1, 0.15) is 31.2 Å². The van der Waals surface area contributed by atoms with Crippen LogP contribution in [0.3, 0.4) is 0 Å². The highest BCUT2D eigenvalue weighted by atomic mass is 35.5. The quantitative estimate of drug-likeness (QED) is 0.683. The van der Waals surface area contributed by atoms with Crippen molar-refractivity contribution in [3.8, 4) is 0 Å². The SMILES string of the molecule is Fc1ccc(C2(CNC(=S)Nc3ncc(Cl)cc3Cl)CCCC2)cc1. The van der Waals surface area contributed by atoms with Gasteiger partial charge in [-0.05, 0) is 48.8 Å². The molecule has 132 valence electrons. The molecule has 0 spiro atoms. The van der Waals surface area contributed by atoms with Gasteiger partial charge in [0.25, 0.3) is 0 Å². The van der Waals surface area contributed by atoms with Gasteiger partial charge >= 0.3 is 0 Å². The fourth-order valence-corrected chi connectivity index (χ4v) is 3.93. The van der Waals surface area contributed by atoms with Crippen molar-refractivity contribution in [3.63, 3.8) is 0 Å². The summed E-state index contributed by atoms with van der Waals surface area (Å²) in [6, 6.07) is 8.39. The summed E-state index contributed by atoms with van der Waals surface area (Å²) in [7, 11) is 0. The zero-order chi connectivity index (χ0) is 17.9. The molecule has 7 heteroatoms. The number of thiocarbonyl (C=S) groups is 1. The molecule has 2 N–H and O–H groups in total. The number of nitrogens with one attached hydrogen (secondary N) is 2. The summed E-state index contributed by atoms with van der Waals surface area (Å²) in [5, 5.41) is 7.59. The van der Waals surface area contributed by atoms with Crippen LogP contribution in [0.15, 0.2) is 36.5 Å². The zero-order valence-electron chi connectivity index (χ0n) is 13.5. The van der Waals surface area contributed by atoms with E-state index in [4.69, 9.17) is 35.4 Å². The third-order valence-electron chi connectivity index (χ3n) is 4.64. The summed E-state index contributed by atoms with van der Waals surface area (Å²) in [6.07, 6.45) is 5.92. The lowest BCUT2D eigenvalue weighted by atomic mass is 9.79. The van der Waals surface area contributed by atoms with Crippen LogP contribution in [-0.4, -0.2) is 16.6 Å². The van der Waals surface area contributed by atoms with Crippen LogP contribution in [-0.2, 0) is 5.41 Å². The summed E-state index contributed by atoms with van der Waals surface area (Å²) in [4.78, 5) is 4.14. The molecule has 0 bridgehead atoms. The molecule has 0 radical (unpaired) electrons. The van der Waals surface area contributed by atoms with E-state index in [1.54, 1.807) is 6.07 Å². The lowest BCUT2D eigenvalue weighted by Gasteiger charge is -2.30. The molecule has 0 saturated heterocycles. The second kappa shape index (κ2) is 7.85. The molecule has 1 aliphatic rings. The van der Waals surface area contributed by atoms with E-state index in [1.165, 1.54) is 18.3 Å². The Labute approximate surface area is 161 Å². The van der Waals surface area contributed by atoms with E-state index in [2.05, 4.69) is 15.6 Å². The molecule has 1 heterocycles. The van der Waals surface area contributed by atoms with Crippen molar-refractivity contribution in [1.82, 2.24) is 10.3 Å². The van der Waals surface area contributed by atoms with Gasteiger partial charge in [0.05, 0.1) is 10.0 Å². The lowest BCUT2D eigenvalue weighted by molar-refractivity contribution is 0.434. The summed E-state index contributed by atoms with van der Waals surface area (Å²) >= 11 is 17.3. The number of anilines is 1. The molecule has 1 aromatic heterocycles. The number of nitrogens with zero attached hydrogens (tertiary/aromatic N) is 1. The summed E-state index contributed by atoms with van der Waals surface area (Å²) in [5.74, 6) is 0.247. The van der Waals surface area contributed by atoms with Crippen molar-refractivity contribution >= 4 is 46.4 Å². The Morgan fingerprint density at radius 1 is 1.20 bits per heavy atom. The van der Waals surface area contributed by atoms with Gasteiger partial charge in [0.1, 0.15) is 5.82 Å². The van der Waals surface area contributed by atoms with Gasteiger partial charge in [0.2, 0.25) is 0 Å². The van der Waals surface area contributed by atoms with E-state index < -0.39 is 0 Å². The van der Waals surface area contributed by atoms with Crippen molar-refractivity contribution in [2.45, 2.75) is 31.1 Å². The van der Waals surface area contributed by atoms with E-state index >= 15 is 0 Å². The van der Waals surface area contributed by atoms with Crippen molar-refractivity contribution in [3.05, 3.63) is 58.0 Å². The van der Waals surface area contributed by atoms with E-state index in [0.717, 1.165) is 31.2 Å². The first-order valence-corrected chi connectivity index (χ1v) is 9.27. The van der Waals surface area contributed by atoms with Crippen LogP contribution in [0.2, 0.25) is 10.0 Å². The normalized spacial score (nSPS) is 15.8. The highest BCUT2D eigenvalue weighted by Gasteiger charge is 2.35. The summed E-state index contributed by atoms with van der Waals surface area (Å²) < 4.78 is 13.2. The van der Waals surface area contributed by atoms with E-state index in [0.29, 0.717) is 27.5 Å². The average Bonchev–Trinajstić information content (AvgIpc) is 3.06. The molecule has 1 saturated carbocycles. The number of rotatable bonds is 4. The van der Waals surface area contributed by atoms with Crippen LogP contribution in [0, 0.1) is 5.82 Å². The highest BCUT2D eigenvalue weighted by molar-refractivity contribution is 7.80. The molecule has 2 aromatic rings. The summed E-state index contributed by atoms with van der Waals surface area (Å²) in [5.41, 5.74) is 1.11. The lowest BCUT2D eigenvalue weighted by Crippen LogP contribution is -2.40. The smallest absolute Gasteiger partial charge is 0.172 e. The number of hydrogen-bond acceptors (Lipinski definition) is 2. The maximum Gasteiger partial charge on any atom is 0.172 e. The molecule has 25 heavy (non-hydrogen) atoms. The summed E-state index contributed by atoms with van der Waals surface area (Å²) in [6.45, 7) is 0.676. The topological polar surface area (TPSA) is 37.0 Å². The van der Waals surface area contributed by atoms with Gasteiger partial charge in [-0.1, -0.05) is 48.2 Å². The molecular formula is C18H18Cl2FN3S. The molecule has 1 fully saturated rings. The number of aromatic nitrogens is 1. The minimum atomic E-state index is -0.217. The van der Waals surface area contributed by atoms with E-state index in [-0.39, 0.29) is 11.2 Å². The van der Waals surface area contributed by atoms with Crippen LogP contribution in [0.4, 0.5) is 10.2 Å². The minimum absolute atomic E-state index is 0.0311. The van der Waals surface area contributed by atoms with Crippen LogP contribution >= 0.6 is 35.4 Å². The van der Waals surface area contributed by atoms with Gasteiger partial charge in [0, 0.05) is 18.2 Å². The van der Waals surface area contributed by atoms with Crippen molar-refractivity contribution in [2.24, 2.45) is 0 Å². The Hall–Kier alpha value is -1.43. The molecular weight excluding hydrogens is 380 g/mol. The molecule has 0 amide bonds. The van der Waals surface area contributed by atoms with Gasteiger partial charge in [-0.2, -0.15) is 0 Å².